The molecule has 0 unspecified atom stereocenters. The zero-order valence-electron chi connectivity index (χ0n) is 26.7. The molecule has 0 saturated carbocycles. The van der Waals surface area contributed by atoms with E-state index >= 15 is 0 Å². The fraction of sp³-hybridized carbons (Fsp3) is 0. The highest BCUT2D eigenvalue weighted by molar-refractivity contribution is 7.26. The van der Waals surface area contributed by atoms with E-state index in [-0.39, 0.29) is 0 Å². The third kappa shape index (κ3) is 4.09. The van der Waals surface area contributed by atoms with Crippen LogP contribution in [-0.2, 0) is 0 Å². The molecule has 0 atom stereocenters. The Labute approximate surface area is 290 Å². The average molecular weight is 655 g/mol. The molecule has 232 valence electrons. The van der Waals surface area contributed by atoms with Crippen molar-refractivity contribution in [1.29, 1.82) is 0 Å². The minimum atomic E-state index is 0.544. The molecule has 50 heavy (non-hydrogen) atoms. The Balaban J connectivity index is 1.14. The molecular formula is C46H26N2OS. The molecule has 8 aromatic carbocycles. The van der Waals surface area contributed by atoms with Crippen LogP contribution in [0.3, 0.4) is 0 Å². The van der Waals surface area contributed by atoms with Crippen LogP contribution in [0.25, 0.3) is 108 Å². The van der Waals surface area contributed by atoms with Crippen LogP contribution in [0.15, 0.2) is 162 Å². The van der Waals surface area contributed by atoms with Crippen molar-refractivity contribution in [2.75, 3.05) is 0 Å². The fourth-order valence-corrected chi connectivity index (χ4v) is 8.97. The van der Waals surface area contributed by atoms with Crippen LogP contribution in [-0.4, -0.2) is 9.97 Å². The van der Waals surface area contributed by atoms with Crippen LogP contribution >= 0.6 is 11.3 Å². The molecule has 0 radical (unpaired) electrons. The smallest absolute Gasteiger partial charge is 0.246 e. The van der Waals surface area contributed by atoms with Gasteiger partial charge in [-0.3, -0.25) is 0 Å². The largest absolute Gasteiger partial charge is 0.436 e. The third-order valence-corrected chi connectivity index (χ3v) is 11.2. The number of fused-ring (bicyclic) bond motifs is 11. The summed E-state index contributed by atoms with van der Waals surface area (Å²) in [5, 5.41) is 11.2. The van der Waals surface area contributed by atoms with Gasteiger partial charge < -0.3 is 4.42 Å². The van der Waals surface area contributed by atoms with Crippen molar-refractivity contribution in [3.8, 4) is 33.6 Å². The van der Waals surface area contributed by atoms with Crippen molar-refractivity contribution in [1.82, 2.24) is 9.97 Å². The van der Waals surface area contributed by atoms with Gasteiger partial charge in [0.2, 0.25) is 5.71 Å². The number of aromatic nitrogens is 2. The fourth-order valence-electron chi connectivity index (χ4n) is 7.70. The molecule has 3 nitrogen and oxygen atoms in total. The lowest BCUT2D eigenvalue weighted by molar-refractivity contribution is 0.653. The zero-order valence-corrected chi connectivity index (χ0v) is 27.5. The van der Waals surface area contributed by atoms with Gasteiger partial charge in [-0.25, -0.2) is 9.97 Å². The van der Waals surface area contributed by atoms with Gasteiger partial charge in [0.05, 0.1) is 5.69 Å². The number of para-hydroxylation sites is 1. The normalized spacial score (nSPS) is 12.0. The first kappa shape index (κ1) is 27.6. The van der Waals surface area contributed by atoms with Crippen LogP contribution < -0.4 is 0 Å². The monoisotopic (exact) mass is 654 g/mol. The predicted molar refractivity (Wildman–Crippen MR) is 211 cm³/mol. The summed E-state index contributed by atoms with van der Waals surface area (Å²) in [6.07, 6.45) is 0. The lowest BCUT2D eigenvalue weighted by atomic mass is 9.91. The minimum absolute atomic E-state index is 0.544. The lowest BCUT2D eigenvalue weighted by Gasteiger charge is -2.14. The Morgan fingerprint density at radius 2 is 1.14 bits per heavy atom. The molecule has 0 aliphatic rings. The van der Waals surface area contributed by atoms with Gasteiger partial charge in [-0.2, -0.15) is 0 Å². The van der Waals surface area contributed by atoms with Gasteiger partial charge in [-0.05, 0) is 79.8 Å². The maximum absolute atomic E-state index is 6.23. The molecule has 11 rings (SSSR count). The van der Waals surface area contributed by atoms with E-state index in [4.69, 9.17) is 14.4 Å². The summed E-state index contributed by atoms with van der Waals surface area (Å²) in [7, 11) is 0. The molecule has 0 spiro atoms. The Morgan fingerprint density at radius 1 is 0.420 bits per heavy atom. The van der Waals surface area contributed by atoms with Crippen molar-refractivity contribution in [3.05, 3.63) is 158 Å². The quantitative estimate of drug-likeness (QED) is 0.178. The molecule has 3 heterocycles. The second kappa shape index (κ2) is 10.6. The molecule has 0 saturated heterocycles. The first-order valence-electron chi connectivity index (χ1n) is 16.8. The van der Waals surface area contributed by atoms with Crippen molar-refractivity contribution in [2.45, 2.75) is 0 Å². The summed E-state index contributed by atoms with van der Waals surface area (Å²) in [5.41, 5.74) is 8.09. The minimum Gasteiger partial charge on any atom is -0.436 e. The second-order valence-electron chi connectivity index (χ2n) is 12.9. The molecule has 0 bridgehead atoms. The van der Waals surface area contributed by atoms with E-state index in [0.29, 0.717) is 5.71 Å². The average Bonchev–Trinajstić information content (AvgIpc) is 3.74. The molecule has 0 amide bonds. The van der Waals surface area contributed by atoms with Crippen molar-refractivity contribution in [2.24, 2.45) is 0 Å². The van der Waals surface area contributed by atoms with Gasteiger partial charge in [0.15, 0.2) is 0 Å². The molecular weight excluding hydrogens is 629 g/mol. The number of rotatable bonds is 3. The van der Waals surface area contributed by atoms with E-state index < -0.39 is 0 Å². The number of furan rings is 1. The molecule has 3 aromatic heterocycles. The van der Waals surface area contributed by atoms with Gasteiger partial charge in [-0.1, -0.05) is 121 Å². The van der Waals surface area contributed by atoms with Crippen molar-refractivity contribution in [3.63, 3.8) is 0 Å². The third-order valence-electron chi connectivity index (χ3n) is 10.0. The van der Waals surface area contributed by atoms with E-state index in [9.17, 15) is 0 Å². The first-order valence-corrected chi connectivity index (χ1v) is 17.6. The summed E-state index contributed by atoms with van der Waals surface area (Å²) in [4.78, 5) is 10.4. The zero-order chi connectivity index (χ0) is 32.8. The van der Waals surface area contributed by atoms with E-state index in [1.165, 1.54) is 58.1 Å². The predicted octanol–water partition coefficient (Wildman–Crippen LogP) is 13.2. The molecule has 0 N–H and O–H groups in total. The molecule has 11 aromatic rings. The maximum atomic E-state index is 6.23. The molecule has 0 fully saturated rings. The Bertz CT molecular complexity index is 3160. The molecule has 0 aliphatic carbocycles. The van der Waals surface area contributed by atoms with Gasteiger partial charge in [-0.15, -0.1) is 11.3 Å². The van der Waals surface area contributed by atoms with Crippen molar-refractivity contribution >= 4 is 86.0 Å². The summed E-state index contributed by atoms with van der Waals surface area (Å²) < 4.78 is 8.89. The van der Waals surface area contributed by atoms with Gasteiger partial charge in [0, 0.05) is 36.7 Å². The topological polar surface area (TPSA) is 38.9 Å². The standard InChI is InChI=1S/C46H26N2OS/c1-2-12-28(13-3-1)42-43(48-46-44(47-42)36-19-8-9-20-40(36)49-46)30-15-10-14-29(23-30)37-24-31-25-41-39(26-38(31)34-18-7-6-17-33(34)37)35-22-21-27-11-4-5-16-32(27)45(35)50-41/h1-26H. The van der Waals surface area contributed by atoms with E-state index in [0.717, 1.165) is 44.6 Å². The highest BCUT2D eigenvalue weighted by Gasteiger charge is 2.19. The molecule has 4 heteroatoms. The SMILES string of the molecule is c1ccc(-c2nc3c(nc2-c2cccc(-c4cc5cc6sc7c8ccccc8ccc7c6cc5c5ccccc45)c2)oc2ccccc23)cc1. The highest BCUT2D eigenvalue weighted by Crippen LogP contribution is 2.44. The van der Waals surface area contributed by atoms with Gasteiger partial charge in [0.25, 0.3) is 0 Å². The van der Waals surface area contributed by atoms with Crippen LogP contribution in [0.5, 0.6) is 0 Å². The first-order chi connectivity index (χ1) is 24.8. The highest BCUT2D eigenvalue weighted by atomic mass is 32.1. The summed E-state index contributed by atoms with van der Waals surface area (Å²) in [6.45, 7) is 0. The number of hydrogen-bond donors (Lipinski definition) is 0. The van der Waals surface area contributed by atoms with E-state index in [2.05, 4.69) is 115 Å². The van der Waals surface area contributed by atoms with Crippen LogP contribution in [0, 0.1) is 0 Å². The second-order valence-corrected chi connectivity index (χ2v) is 14.0. The Hall–Kier alpha value is -6.36. The number of thiophene rings is 1. The summed E-state index contributed by atoms with van der Waals surface area (Å²) in [6, 6.07) is 56.2. The lowest BCUT2D eigenvalue weighted by Crippen LogP contribution is -1.94. The van der Waals surface area contributed by atoms with Crippen LogP contribution in [0.4, 0.5) is 0 Å². The number of benzene rings is 8. The van der Waals surface area contributed by atoms with Crippen LogP contribution in [0.2, 0.25) is 0 Å². The van der Waals surface area contributed by atoms with Gasteiger partial charge >= 0.3 is 0 Å². The number of hydrogen-bond acceptors (Lipinski definition) is 4. The molecule has 0 aliphatic heterocycles. The van der Waals surface area contributed by atoms with Gasteiger partial charge in [0.1, 0.15) is 16.8 Å². The maximum Gasteiger partial charge on any atom is 0.246 e. The summed E-state index contributed by atoms with van der Waals surface area (Å²) >= 11 is 1.89. The number of nitrogens with zero attached hydrogens (tertiary/aromatic N) is 2. The van der Waals surface area contributed by atoms with E-state index in [1.807, 2.05) is 53.8 Å². The summed E-state index contributed by atoms with van der Waals surface area (Å²) in [5.74, 6) is 0. The van der Waals surface area contributed by atoms with Crippen LogP contribution in [0.1, 0.15) is 0 Å². The van der Waals surface area contributed by atoms with Crippen molar-refractivity contribution < 1.29 is 4.42 Å². The Kier molecular flexibility index (Phi) is 5.83. The van der Waals surface area contributed by atoms with E-state index in [1.54, 1.807) is 0 Å². The Morgan fingerprint density at radius 3 is 2.04 bits per heavy atom.